The van der Waals surface area contributed by atoms with E-state index in [-0.39, 0.29) is 23.1 Å². The Bertz CT molecular complexity index is 247. The van der Waals surface area contributed by atoms with Crippen molar-refractivity contribution in [2.75, 3.05) is 0 Å². The molecule has 0 heterocycles. The summed E-state index contributed by atoms with van der Waals surface area (Å²) in [6.45, 7) is 7.46. The standard InChI is InChI=1S/C12H14.Mg.2H/c1-3-7-11-9-5-6-10-12(11)8-4-2;;;/h3-6,9-10H,1-2,7-8H2;;;. The molecule has 13 heavy (non-hydrogen) atoms. The highest BCUT2D eigenvalue weighted by Crippen LogP contribution is 2.10. The van der Waals surface area contributed by atoms with Crippen LogP contribution in [0.2, 0.25) is 0 Å². The van der Waals surface area contributed by atoms with Crippen molar-refractivity contribution in [2.24, 2.45) is 0 Å². The maximum Gasteiger partial charge on any atom is 0.316 e. The molecule has 0 N–H and O–H groups in total. The summed E-state index contributed by atoms with van der Waals surface area (Å²) in [5, 5.41) is 0. The van der Waals surface area contributed by atoms with E-state index in [9.17, 15) is 0 Å². The minimum absolute atomic E-state index is 0. The maximum absolute atomic E-state index is 3.73. The Balaban J connectivity index is 0.00000144. The number of hydrogen-bond acceptors (Lipinski definition) is 0. The Morgan fingerprint density at radius 1 is 0.923 bits per heavy atom. The lowest BCUT2D eigenvalue weighted by atomic mass is 10.0. The third-order valence-electron chi connectivity index (χ3n) is 1.85. The fraction of sp³-hybridized carbons (Fsp3) is 0.167. The quantitative estimate of drug-likeness (QED) is 0.497. The van der Waals surface area contributed by atoms with Crippen molar-refractivity contribution in [3.8, 4) is 0 Å². The van der Waals surface area contributed by atoms with Crippen molar-refractivity contribution in [2.45, 2.75) is 12.8 Å². The smallest absolute Gasteiger partial charge is 0.103 e. The van der Waals surface area contributed by atoms with Gasteiger partial charge in [-0.15, -0.1) is 13.2 Å². The lowest BCUT2D eigenvalue weighted by Gasteiger charge is -2.03. The molecule has 1 aromatic carbocycles. The molecule has 0 aromatic heterocycles. The molecule has 0 unspecified atom stereocenters. The van der Waals surface area contributed by atoms with Crippen LogP contribution in [-0.2, 0) is 12.8 Å². The van der Waals surface area contributed by atoms with E-state index < -0.39 is 0 Å². The largest absolute Gasteiger partial charge is 0.316 e. The average molecular weight is 185 g/mol. The Hall–Kier alpha value is -0.534. The summed E-state index contributed by atoms with van der Waals surface area (Å²) < 4.78 is 0. The average Bonchev–Trinajstić information content (AvgIpc) is 2.09. The van der Waals surface area contributed by atoms with Crippen LogP contribution >= 0.6 is 0 Å². The van der Waals surface area contributed by atoms with Gasteiger partial charge in [-0.1, -0.05) is 36.4 Å². The highest BCUT2D eigenvalue weighted by atomic mass is 24.3. The van der Waals surface area contributed by atoms with E-state index in [0.29, 0.717) is 0 Å². The Morgan fingerprint density at radius 2 is 1.31 bits per heavy atom. The van der Waals surface area contributed by atoms with Crippen molar-refractivity contribution < 1.29 is 0 Å². The summed E-state index contributed by atoms with van der Waals surface area (Å²) in [6.07, 6.45) is 5.76. The van der Waals surface area contributed by atoms with Gasteiger partial charge in [-0.3, -0.25) is 0 Å². The fourth-order valence-corrected chi connectivity index (χ4v) is 1.27. The number of allylic oxidation sites excluding steroid dienone is 2. The molecule has 0 nitrogen and oxygen atoms in total. The maximum atomic E-state index is 3.73. The topological polar surface area (TPSA) is 0 Å². The van der Waals surface area contributed by atoms with Crippen LogP contribution < -0.4 is 0 Å². The summed E-state index contributed by atoms with van der Waals surface area (Å²) in [6, 6.07) is 8.40. The van der Waals surface area contributed by atoms with Gasteiger partial charge in [0.05, 0.1) is 0 Å². The van der Waals surface area contributed by atoms with E-state index in [4.69, 9.17) is 0 Å². The molecule has 66 valence electrons. The lowest BCUT2D eigenvalue weighted by Crippen LogP contribution is -1.89. The van der Waals surface area contributed by atoms with Gasteiger partial charge < -0.3 is 0 Å². The molecule has 0 fully saturated rings. The molecule has 0 radical (unpaired) electrons. The van der Waals surface area contributed by atoms with E-state index in [1.807, 2.05) is 12.2 Å². The third kappa shape index (κ3) is 3.79. The van der Waals surface area contributed by atoms with Crippen LogP contribution in [0.15, 0.2) is 49.6 Å². The van der Waals surface area contributed by atoms with Crippen molar-refractivity contribution in [3.05, 3.63) is 60.7 Å². The van der Waals surface area contributed by atoms with E-state index in [0.717, 1.165) is 12.8 Å². The van der Waals surface area contributed by atoms with Crippen LogP contribution in [0.5, 0.6) is 0 Å². The van der Waals surface area contributed by atoms with Gasteiger partial charge in [-0.2, -0.15) is 0 Å². The second-order valence-electron chi connectivity index (χ2n) is 2.75. The second-order valence-corrected chi connectivity index (χ2v) is 2.75. The van der Waals surface area contributed by atoms with Gasteiger partial charge in [0.1, 0.15) is 0 Å². The van der Waals surface area contributed by atoms with Crippen molar-refractivity contribution in [1.82, 2.24) is 0 Å². The van der Waals surface area contributed by atoms with Crippen molar-refractivity contribution in [3.63, 3.8) is 0 Å². The third-order valence-corrected chi connectivity index (χ3v) is 1.85. The van der Waals surface area contributed by atoms with Crippen LogP contribution in [0.1, 0.15) is 11.1 Å². The summed E-state index contributed by atoms with van der Waals surface area (Å²) in [4.78, 5) is 0. The first-order valence-corrected chi connectivity index (χ1v) is 4.17. The summed E-state index contributed by atoms with van der Waals surface area (Å²) in [7, 11) is 0. The van der Waals surface area contributed by atoms with E-state index in [1.54, 1.807) is 0 Å². The van der Waals surface area contributed by atoms with Crippen LogP contribution in [0.4, 0.5) is 0 Å². The van der Waals surface area contributed by atoms with Crippen LogP contribution in [0.25, 0.3) is 0 Å². The molecule has 0 spiro atoms. The zero-order chi connectivity index (χ0) is 8.81. The molecule has 0 aliphatic heterocycles. The molecule has 1 rings (SSSR count). The molecule has 0 aliphatic rings. The van der Waals surface area contributed by atoms with E-state index >= 15 is 0 Å². The zero-order valence-electron chi connectivity index (χ0n) is 7.29. The number of hydrogen-bond donors (Lipinski definition) is 0. The predicted molar refractivity (Wildman–Crippen MR) is 62.8 cm³/mol. The van der Waals surface area contributed by atoms with E-state index in [1.165, 1.54) is 11.1 Å². The summed E-state index contributed by atoms with van der Waals surface area (Å²) in [5.74, 6) is 0. The van der Waals surface area contributed by atoms with Crippen molar-refractivity contribution in [1.29, 1.82) is 0 Å². The zero-order valence-corrected chi connectivity index (χ0v) is 7.29. The van der Waals surface area contributed by atoms with Gasteiger partial charge in [0.25, 0.3) is 0 Å². The molecule has 0 bridgehead atoms. The molecule has 0 amide bonds. The van der Waals surface area contributed by atoms with Crippen molar-refractivity contribution >= 4 is 23.1 Å². The molecule has 0 saturated carbocycles. The molecular weight excluding hydrogens is 168 g/mol. The highest BCUT2D eigenvalue weighted by Gasteiger charge is 1.96. The molecule has 1 heteroatoms. The SMILES string of the molecule is C=CCc1ccccc1CC=C.[MgH2]. The Morgan fingerprint density at radius 3 is 1.62 bits per heavy atom. The van der Waals surface area contributed by atoms with Crippen LogP contribution in [0, 0.1) is 0 Å². The first-order valence-electron chi connectivity index (χ1n) is 4.17. The number of rotatable bonds is 4. The number of benzene rings is 1. The minimum Gasteiger partial charge on any atom is -0.103 e. The lowest BCUT2D eigenvalue weighted by molar-refractivity contribution is 1.15. The van der Waals surface area contributed by atoms with Gasteiger partial charge in [0.15, 0.2) is 0 Å². The van der Waals surface area contributed by atoms with Gasteiger partial charge in [0, 0.05) is 0 Å². The normalized spacial score (nSPS) is 8.62. The van der Waals surface area contributed by atoms with Gasteiger partial charge >= 0.3 is 23.1 Å². The second kappa shape index (κ2) is 6.93. The van der Waals surface area contributed by atoms with Crippen LogP contribution in [-0.4, -0.2) is 23.1 Å². The fourth-order valence-electron chi connectivity index (χ4n) is 1.27. The van der Waals surface area contributed by atoms with Gasteiger partial charge in [-0.05, 0) is 24.0 Å². The first kappa shape index (κ1) is 12.5. The predicted octanol–water partition coefficient (Wildman–Crippen LogP) is 2.23. The van der Waals surface area contributed by atoms with Gasteiger partial charge in [0.2, 0.25) is 0 Å². The molecule has 1 aromatic rings. The van der Waals surface area contributed by atoms with Crippen LogP contribution in [0.3, 0.4) is 0 Å². The molecule has 0 atom stereocenters. The van der Waals surface area contributed by atoms with Gasteiger partial charge in [-0.25, -0.2) is 0 Å². The Kier molecular flexibility index (Phi) is 6.64. The first-order chi connectivity index (χ1) is 5.88. The molecular formula is C12H16Mg. The summed E-state index contributed by atoms with van der Waals surface area (Å²) in [5.41, 5.74) is 2.71. The molecule has 0 saturated heterocycles. The van der Waals surface area contributed by atoms with E-state index in [2.05, 4.69) is 37.4 Å². The minimum atomic E-state index is 0. The summed E-state index contributed by atoms with van der Waals surface area (Å²) >= 11 is 0. The monoisotopic (exact) mass is 184 g/mol. The molecule has 0 aliphatic carbocycles. The highest BCUT2D eigenvalue weighted by molar-refractivity contribution is 5.75. The Labute approximate surface area is 96.5 Å².